The van der Waals surface area contributed by atoms with Crippen molar-refractivity contribution in [3.8, 4) is 0 Å². The van der Waals surface area contributed by atoms with Crippen molar-refractivity contribution in [2.24, 2.45) is 0 Å². The molecule has 378 valence electrons. The number of unbranched alkanes of at least 4 members (excludes halogenated alkanes) is 10. The number of hydrogen-bond acceptors (Lipinski definition) is 9. The van der Waals surface area contributed by atoms with Gasteiger partial charge in [0.25, 0.3) is 0 Å². The molecule has 0 aliphatic carbocycles. The molecule has 0 radical (unpaired) electrons. The van der Waals surface area contributed by atoms with Gasteiger partial charge >= 0.3 is 31.0 Å². The molecular weight excluding hydrogens is 935 g/mol. The van der Waals surface area contributed by atoms with E-state index in [0.717, 1.165) is 51.5 Å². The van der Waals surface area contributed by atoms with Crippen molar-refractivity contribution >= 4 is 52.4 Å². The number of methoxy groups -OCH3 is 3. The minimum absolute atomic E-state index is 0.234. The SMILES string of the molecule is CCCCCCCCc1cccc(C(=O)O)c1C.CCCCCCCCc1cccc(C(=O)OC)c1C.COC(=O)c1cccc(B2OC(C)(C)C(C)(C)O2)c1C.COC(=O)c1cccc(Br)c1C. The third kappa shape index (κ3) is 18.8. The highest BCUT2D eigenvalue weighted by atomic mass is 79.9. The monoisotopic (exact) mass is 1010 g/mol. The Kier molecular flexibility index (Phi) is 26.9. The summed E-state index contributed by atoms with van der Waals surface area (Å²) in [6.07, 6.45) is 17.5. The van der Waals surface area contributed by atoms with Gasteiger partial charge in [-0.2, -0.15) is 0 Å². The fourth-order valence-electron chi connectivity index (χ4n) is 7.81. The average molecular weight is 1020 g/mol. The molecule has 10 nitrogen and oxygen atoms in total. The van der Waals surface area contributed by atoms with Crippen molar-refractivity contribution in [3.63, 3.8) is 0 Å². The number of carbonyl (C=O) groups is 4. The van der Waals surface area contributed by atoms with Crippen LogP contribution in [0.2, 0.25) is 0 Å². The molecule has 0 atom stereocenters. The fraction of sp³-hybridized carbons (Fsp3) is 0.509. The molecule has 4 aromatic rings. The number of hydrogen-bond donors (Lipinski definition) is 1. The number of rotatable bonds is 19. The largest absolute Gasteiger partial charge is 0.495 e. The van der Waals surface area contributed by atoms with Crippen molar-refractivity contribution in [2.45, 2.75) is 170 Å². The Hall–Kier alpha value is -4.78. The standard InChI is InChI=1S/C17H26O2.C16H24O2.C15H21BO4.C9H9BrO2/c1-4-5-6-7-8-9-11-15-12-10-13-16(14(15)2)17(18)19-3;1-3-4-5-6-7-8-10-14-11-9-12-15(13(14)2)16(17)18;1-10-11(13(17)18-6)8-7-9-12(10)16-19-14(2,3)15(4,5)20-16;1-6-7(9(11)12-2)4-3-5-8(6)10/h10,12-13H,4-9,11H2,1-3H3;9,11-12H,3-8,10H2,1-2H3,(H,17,18);7-9H,1-6H3;3-5H,1-2H3. The van der Waals surface area contributed by atoms with Crippen molar-refractivity contribution in [1.82, 2.24) is 0 Å². The summed E-state index contributed by atoms with van der Waals surface area (Å²) in [5.74, 6) is -1.70. The summed E-state index contributed by atoms with van der Waals surface area (Å²) in [6.45, 7) is 20.2. The lowest BCUT2D eigenvalue weighted by atomic mass is 9.75. The maximum absolute atomic E-state index is 11.8. The van der Waals surface area contributed by atoms with Crippen LogP contribution in [-0.4, -0.2) is 68.6 Å². The number of esters is 3. The third-order valence-electron chi connectivity index (χ3n) is 13.1. The van der Waals surface area contributed by atoms with Crippen LogP contribution in [0.1, 0.15) is 193 Å². The first-order chi connectivity index (χ1) is 32.7. The first kappa shape index (κ1) is 60.3. The Morgan fingerprint density at radius 3 is 1.28 bits per heavy atom. The van der Waals surface area contributed by atoms with E-state index in [4.69, 9.17) is 23.9 Å². The van der Waals surface area contributed by atoms with E-state index in [-0.39, 0.29) is 17.9 Å². The van der Waals surface area contributed by atoms with Crippen LogP contribution in [0.4, 0.5) is 0 Å². The lowest BCUT2D eigenvalue weighted by molar-refractivity contribution is 0.00578. The molecule has 69 heavy (non-hydrogen) atoms. The average Bonchev–Trinajstić information content (AvgIpc) is 3.55. The van der Waals surface area contributed by atoms with E-state index in [9.17, 15) is 19.2 Å². The van der Waals surface area contributed by atoms with E-state index in [1.165, 1.54) is 103 Å². The molecule has 1 N–H and O–H groups in total. The first-order valence-electron chi connectivity index (χ1n) is 24.6. The highest BCUT2D eigenvalue weighted by Crippen LogP contribution is 2.37. The number of aromatic carboxylic acids is 1. The number of benzene rings is 4. The normalized spacial score (nSPS) is 13.1. The number of carboxylic acids is 1. The van der Waals surface area contributed by atoms with Crippen molar-refractivity contribution in [2.75, 3.05) is 21.3 Å². The van der Waals surface area contributed by atoms with Crippen LogP contribution < -0.4 is 5.46 Å². The Morgan fingerprint density at radius 2 is 0.855 bits per heavy atom. The van der Waals surface area contributed by atoms with E-state index >= 15 is 0 Å². The van der Waals surface area contributed by atoms with Gasteiger partial charge in [-0.05, 0) is 150 Å². The maximum Gasteiger partial charge on any atom is 0.495 e. The van der Waals surface area contributed by atoms with Gasteiger partial charge in [-0.25, -0.2) is 19.2 Å². The lowest BCUT2D eigenvalue weighted by Crippen LogP contribution is -2.41. The first-order valence-corrected chi connectivity index (χ1v) is 25.4. The van der Waals surface area contributed by atoms with Gasteiger partial charge in [0.2, 0.25) is 0 Å². The lowest BCUT2D eigenvalue weighted by Gasteiger charge is -2.32. The second kappa shape index (κ2) is 30.7. The Balaban J connectivity index is 0.000000320. The van der Waals surface area contributed by atoms with E-state index in [1.54, 1.807) is 18.2 Å². The van der Waals surface area contributed by atoms with Gasteiger partial charge < -0.3 is 28.6 Å². The third-order valence-corrected chi connectivity index (χ3v) is 13.9. The van der Waals surface area contributed by atoms with Crippen LogP contribution in [0.3, 0.4) is 0 Å². The van der Waals surface area contributed by atoms with Crippen LogP contribution in [0, 0.1) is 27.7 Å². The number of halogens is 1. The van der Waals surface area contributed by atoms with Crippen LogP contribution >= 0.6 is 15.9 Å². The zero-order valence-corrected chi connectivity index (χ0v) is 45.5. The van der Waals surface area contributed by atoms with E-state index < -0.39 is 24.3 Å². The zero-order chi connectivity index (χ0) is 51.7. The Bertz CT molecular complexity index is 2230. The summed E-state index contributed by atoms with van der Waals surface area (Å²) < 4.78 is 27.2. The highest BCUT2D eigenvalue weighted by Gasteiger charge is 2.52. The van der Waals surface area contributed by atoms with E-state index in [0.29, 0.717) is 22.3 Å². The predicted molar refractivity (Wildman–Crippen MR) is 283 cm³/mol. The zero-order valence-electron chi connectivity index (χ0n) is 43.9. The van der Waals surface area contributed by atoms with E-state index in [2.05, 4.69) is 40.6 Å². The quantitative estimate of drug-likeness (QED) is 0.0419. The van der Waals surface area contributed by atoms with Gasteiger partial charge in [0.1, 0.15) is 0 Å². The van der Waals surface area contributed by atoms with Gasteiger partial charge in [-0.15, -0.1) is 0 Å². The molecule has 0 aromatic heterocycles. The minimum atomic E-state index is -0.822. The predicted octanol–water partition coefficient (Wildman–Crippen LogP) is 13.9. The van der Waals surface area contributed by atoms with Gasteiger partial charge in [-0.3, -0.25) is 0 Å². The highest BCUT2D eigenvalue weighted by molar-refractivity contribution is 9.10. The molecular formula is C57H80BBrO10. The Labute approximate surface area is 422 Å². The molecule has 0 amide bonds. The summed E-state index contributed by atoms with van der Waals surface area (Å²) in [4.78, 5) is 45.5. The maximum atomic E-state index is 11.8. The van der Waals surface area contributed by atoms with Gasteiger partial charge in [0, 0.05) is 4.47 Å². The number of aryl methyl sites for hydroxylation is 2. The van der Waals surface area contributed by atoms with Gasteiger partial charge in [-0.1, -0.05) is 136 Å². The fourth-order valence-corrected chi connectivity index (χ4v) is 8.18. The molecule has 0 saturated carbocycles. The van der Waals surface area contributed by atoms with E-state index in [1.807, 2.05) is 104 Å². The van der Waals surface area contributed by atoms with Crippen LogP contribution in [-0.2, 0) is 36.4 Å². The molecule has 0 unspecified atom stereocenters. The summed E-state index contributed by atoms with van der Waals surface area (Å²) in [5.41, 5.74) is 8.56. The summed E-state index contributed by atoms with van der Waals surface area (Å²) in [7, 11) is 3.72. The molecule has 1 fully saturated rings. The molecule has 1 aliphatic rings. The van der Waals surface area contributed by atoms with Crippen LogP contribution in [0.15, 0.2) is 77.3 Å². The molecule has 4 aromatic carbocycles. The van der Waals surface area contributed by atoms with Crippen LogP contribution in [0.25, 0.3) is 0 Å². The Morgan fingerprint density at radius 1 is 0.507 bits per heavy atom. The second-order valence-electron chi connectivity index (χ2n) is 18.5. The van der Waals surface area contributed by atoms with Gasteiger partial charge in [0.05, 0.1) is 54.8 Å². The summed E-state index contributed by atoms with van der Waals surface area (Å²) >= 11 is 3.34. The minimum Gasteiger partial charge on any atom is -0.478 e. The topological polar surface area (TPSA) is 135 Å². The smallest absolute Gasteiger partial charge is 0.478 e. The number of carbonyl (C=O) groups excluding carboxylic acids is 3. The van der Waals surface area contributed by atoms with Gasteiger partial charge in [0.15, 0.2) is 0 Å². The summed E-state index contributed by atoms with van der Waals surface area (Å²) in [5, 5.41) is 9.06. The molecule has 0 spiro atoms. The number of ether oxygens (including phenoxy) is 3. The molecule has 5 rings (SSSR count). The second-order valence-corrected chi connectivity index (χ2v) is 19.4. The van der Waals surface area contributed by atoms with Crippen molar-refractivity contribution in [1.29, 1.82) is 0 Å². The molecule has 12 heteroatoms. The molecule has 1 heterocycles. The molecule has 1 aliphatic heterocycles. The van der Waals surface area contributed by atoms with Crippen molar-refractivity contribution in [3.05, 3.63) is 133 Å². The van der Waals surface area contributed by atoms with Crippen molar-refractivity contribution < 1.29 is 47.8 Å². The summed E-state index contributed by atoms with van der Waals surface area (Å²) in [6, 6.07) is 22.4. The molecule has 1 saturated heterocycles. The molecule has 0 bridgehead atoms. The van der Waals surface area contributed by atoms with Crippen LogP contribution in [0.5, 0.6) is 0 Å². The number of carboxylic acid groups (broad SMARTS) is 1.